The molecule has 0 saturated heterocycles. The number of aromatic nitrogens is 1. The van der Waals surface area contributed by atoms with Crippen LogP contribution >= 0.6 is 0 Å². The Morgan fingerprint density at radius 1 is 1.04 bits per heavy atom. The molecule has 0 amide bonds. The van der Waals surface area contributed by atoms with Crippen LogP contribution in [-0.2, 0) is 6.42 Å². The van der Waals surface area contributed by atoms with E-state index in [0.717, 1.165) is 41.0 Å². The molecule has 1 N–H and O–H groups in total. The average molecular weight is 337 g/mol. The molecule has 0 atom stereocenters. The van der Waals surface area contributed by atoms with Crippen molar-refractivity contribution in [1.82, 2.24) is 4.98 Å². The first-order valence-corrected chi connectivity index (χ1v) is 8.64. The molecule has 0 saturated carbocycles. The van der Waals surface area contributed by atoms with E-state index in [-0.39, 0.29) is 5.43 Å². The number of methoxy groups -OCH3 is 1. The van der Waals surface area contributed by atoms with Crippen LogP contribution in [0.3, 0.4) is 0 Å². The molecule has 0 aliphatic heterocycles. The Bertz CT molecular complexity index is 926. The summed E-state index contributed by atoms with van der Waals surface area (Å²) in [6, 6.07) is 11.5. The summed E-state index contributed by atoms with van der Waals surface area (Å²) in [5.41, 5.74) is 3.34. The first-order valence-electron chi connectivity index (χ1n) is 8.64. The molecule has 0 aliphatic rings. The van der Waals surface area contributed by atoms with Gasteiger partial charge in [0.05, 0.1) is 24.6 Å². The highest BCUT2D eigenvalue weighted by Gasteiger charge is 2.14. The predicted octanol–water partition coefficient (Wildman–Crippen LogP) is 4.55. The van der Waals surface area contributed by atoms with E-state index >= 15 is 0 Å². The van der Waals surface area contributed by atoms with Crippen molar-refractivity contribution in [3.05, 3.63) is 58.4 Å². The second kappa shape index (κ2) is 7.43. The smallest absolute Gasteiger partial charge is 0.197 e. The number of H-pyrrole nitrogens is 1. The number of pyridine rings is 1. The van der Waals surface area contributed by atoms with E-state index in [1.54, 1.807) is 13.3 Å². The van der Waals surface area contributed by atoms with Crippen molar-refractivity contribution in [2.24, 2.45) is 0 Å². The molecule has 4 heteroatoms. The van der Waals surface area contributed by atoms with Crippen LogP contribution in [0.25, 0.3) is 22.0 Å². The molecule has 0 unspecified atom stereocenters. The fourth-order valence-electron chi connectivity index (χ4n) is 2.99. The first-order chi connectivity index (χ1) is 12.2. The molecule has 3 aromatic rings. The molecule has 3 rings (SSSR count). The molecule has 1 aromatic heterocycles. The van der Waals surface area contributed by atoms with Gasteiger partial charge in [0.2, 0.25) is 0 Å². The van der Waals surface area contributed by atoms with Gasteiger partial charge in [0, 0.05) is 11.8 Å². The van der Waals surface area contributed by atoms with Crippen molar-refractivity contribution < 1.29 is 9.47 Å². The standard InChI is InChI=1S/C21H23NO3/c1-4-12-25-18-11-8-14(5-2)19-20(18)22-13-17(21(19)23)15-6-9-16(24-3)10-7-15/h6-11,13H,4-5,12H2,1-3H3,(H,22,23). The summed E-state index contributed by atoms with van der Waals surface area (Å²) in [6.07, 6.45) is 3.48. The number of aryl methyl sites for hydroxylation is 1. The van der Waals surface area contributed by atoms with Crippen molar-refractivity contribution in [3.8, 4) is 22.6 Å². The van der Waals surface area contributed by atoms with E-state index in [2.05, 4.69) is 18.8 Å². The average Bonchev–Trinajstić information content (AvgIpc) is 2.66. The fourth-order valence-corrected chi connectivity index (χ4v) is 2.99. The minimum atomic E-state index is 0.0257. The lowest BCUT2D eigenvalue weighted by Gasteiger charge is -2.12. The zero-order valence-electron chi connectivity index (χ0n) is 14.9. The highest BCUT2D eigenvalue weighted by molar-refractivity contribution is 5.90. The van der Waals surface area contributed by atoms with Crippen molar-refractivity contribution in [2.75, 3.05) is 13.7 Å². The van der Waals surface area contributed by atoms with Crippen molar-refractivity contribution in [2.45, 2.75) is 26.7 Å². The summed E-state index contributed by atoms with van der Waals surface area (Å²) in [5.74, 6) is 1.50. The van der Waals surface area contributed by atoms with Gasteiger partial charge in [-0.2, -0.15) is 0 Å². The Kier molecular flexibility index (Phi) is 5.08. The van der Waals surface area contributed by atoms with Crippen LogP contribution in [0, 0.1) is 0 Å². The third-order valence-electron chi connectivity index (χ3n) is 4.33. The molecule has 4 nitrogen and oxygen atoms in total. The summed E-state index contributed by atoms with van der Waals surface area (Å²) in [6.45, 7) is 4.75. The van der Waals surface area contributed by atoms with E-state index in [4.69, 9.17) is 9.47 Å². The monoisotopic (exact) mass is 337 g/mol. The SMILES string of the molecule is CCCOc1ccc(CC)c2c(=O)c(-c3ccc(OC)cc3)c[nH]c12. The van der Waals surface area contributed by atoms with Crippen LogP contribution in [0.1, 0.15) is 25.8 Å². The van der Waals surface area contributed by atoms with Gasteiger partial charge in [0.25, 0.3) is 0 Å². The maximum absolute atomic E-state index is 13.2. The highest BCUT2D eigenvalue weighted by Crippen LogP contribution is 2.28. The third kappa shape index (κ3) is 3.25. The molecule has 130 valence electrons. The Labute approximate surface area is 147 Å². The molecule has 0 spiro atoms. The van der Waals surface area contributed by atoms with Gasteiger partial charge < -0.3 is 14.5 Å². The molecule has 0 bridgehead atoms. The lowest BCUT2D eigenvalue weighted by molar-refractivity contribution is 0.320. The van der Waals surface area contributed by atoms with Gasteiger partial charge >= 0.3 is 0 Å². The summed E-state index contributed by atoms with van der Waals surface area (Å²) >= 11 is 0. The Balaban J connectivity index is 2.19. The zero-order valence-corrected chi connectivity index (χ0v) is 14.9. The van der Waals surface area contributed by atoms with E-state index in [1.165, 1.54) is 0 Å². The second-order valence-corrected chi connectivity index (χ2v) is 5.93. The second-order valence-electron chi connectivity index (χ2n) is 5.93. The molecular formula is C21H23NO3. The number of benzene rings is 2. The molecule has 2 aromatic carbocycles. The van der Waals surface area contributed by atoms with Crippen LogP contribution in [-0.4, -0.2) is 18.7 Å². The number of hydrogen-bond acceptors (Lipinski definition) is 3. The van der Waals surface area contributed by atoms with E-state index < -0.39 is 0 Å². The minimum Gasteiger partial charge on any atom is -0.497 e. The Morgan fingerprint density at radius 3 is 2.44 bits per heavy atom. The lowest BCUT2D eigenvalue weighted by atomic mass is 10.00. The fraction of sp³-hybridized carbons (Fsp3) is 0.286. The van der Waals surface area contributed by atoms with Gasteiger partial charge in [0.1, 0.15) is 11.5 Å². The molecule has 0 radical (unpaired) electrons. The van der Waals surface area contributed by atoms with Gasteiger partial charge in [-0.25, -0.2) is 0 Å². The number of nitrogens with one attached hydrogen (secondary N) is 1. The summed E-state index contributed by atoms with van der Waals surface area (Å²) in [4.78, 5) is 16.5. The quantitative estimate of drug-likeness (QED) is 0.717. The topological polar surface area (TPSA) is 51.3 Å². The molecule has 25 heavy (non-hydrogen) atoms. The number of fused-ring (bicyclic) bond motifs is 1. The van der Waals surface area contributed by atoms with Gasteiger partial charge in [0.15, 0.2) is 5.43 Å². The van der Waals surface area contributed by atoms with Crippen LogP contribution in [0.5, 0.6) is 11.5 Å². The number of hydrogen-bond donors (Lipinski definition) is 1. The maximum atomic E-state index is 13.2. The maximum Gasteiger partial charge on any atom is 0.197 e. The Morgan fingerprint density at radius 2 is 1.80 bits per heavy atom. The number of ether oxygens (including phenoxy) is 2. The molecule has 0 fully saturated rings. The van der Waals surface area contributed by atoms with E-state index in [0.29, 0.717) is 17.6 Å². The number of aromatic amines is 1. The van der Waals surface area contributed by atoms with Crippen molar-refractivity contribution >= 4 is 10.9 Å². The van der Waals surface area contributed by atoms with Crippen LogP contribution in [0.2, 0.25) is 0 Å². The highest BCUT2D eigenvalue weighted by atomic mass is 16.5. The number of rotatable bonds is 6. The summed E-state index contributed by atoms with van der Waals surface area (Å²) < 4.78 is 11.0. The van der Waals surface area contributed by atoms with Gasteiger partial charge in [-0.15, -0.1) is 0 Å². The lowest BCUT2D eigenvalue weighted by Crippen LogP contribution is -2.10. The normalized spacial score (nSPS) is 10.8. The van der Waals surface area contributed by atoms with E-state index in [1.807, 2.05) is 36.4 Å². The van der Waals surface area contributed by atoms with Gasteiger partial charge in [-0.1, -0.05) is 32.0 Å². The van der Waals surface area contributed by atoms with Gasteiger partial charge in [-0.3, -0.25) is 4.79 Å². The zero-order chi connectivity index (χ0) is 17.8. The van der Waals surface area contributed by atoms with Crippen LogP contribution in [0.4, 0.5) is 0 Å². The van der Waals surface area contributed by atoms with Crippen LogP contribution < -0.4 is 14.9 Å². The van der Waals surface area contributed by atoms with Gasteiger partial charge in [-0.05, 0) is 42.2 Å². The largest absolute Gasteiger partial charge is 0.497 e. The first kappa shape index (κ1) is 17.1. The predicted molar refractivity (Wildman–Crippen MR) is 102 cm³/mol. The molecular weight excluding hydrogens is 314 g/mol. The Hall–Kier alpha value is -2.75. The summed E-state index contributed by atoms with van der Waals surface area (Å²) in [5, 5.41) is 0.712. The minimum absolute atomic E-state index is 0.0257. The van der Waals surface area contributed by atoms with Crippen molar-refractivity contribution in [1.29, 1.82) is 0 Å². The van der Waals surface area contributed by atoms with E-state index in [9.17, 15) is 4.79 Å². The van der Waals surface area contributed by atoms with Crippen molar-refractivity contribution in [3.63, 3.8) is 0 Å². The summed E-state index contributed by atoms with van der Waals surface area (Å²) in [7, 11) is 1.63. The van der Waals surface area contributed by atoms with Crippen LogP contribution in [0.15, 0.2) is 47.4 Å². The molecule has 1 heterocycles. The molecule has 0 aliphatic carbocycles. The third-order valence-corrected chi connectivity index (χ3v) is 4.33.